The lowest BCUT2D eigenvalue weighted by molar-refractivity contribution is 0.102. The van der Waals surface area contributed by atoms with Crippen molar-refractivity contribution in [3.63, 3.8) is 0 Å². The van der Waals surface area contributed by atoms with E-state index < -0.39 is 0 Å². The second-order valence-corrected chi connectivity index (χ2v) is 9.42. The number of ketones is 1. The van der Waals surface area contributed by atoms with E-state index in [-0.39, 0.29) is 11.5 Å². The van der Waals surface area contributed by atoms with E-state index in [4.69, 9.17) is 37.7 Å². The molecule has 0 aliphatic rings. The van der Waals surface area contributed by atoms with Crippen LogP contribution in [-0.2, 0) is 0 Å². The SMILES string of the molecule is COc1ccc(-c2cc(-c3ccc(OC)cc3)c(C#N)c(SCC(=O)c3ccc(Cl)c(Cl)c3)n2)cc1. The van der Waals surface area contributed by atoms with Gasteiger partial charge in [0, 0.05) is 16.7 Å². The first-order valence-corrected chi connectivity index (χ1v) is 12.5. The van der Waals surface area contributed by atoms with Crippen LogP contribution < -0.4 is 9.47 Å². The highest BCUT2D eigenvalue weighted by atomic mass is 35.5. The van der Waals surface area contributed by atoms with Crippen molar-refractivity contribution < 1.29 is 14.3 Å². The Morgan fingerprint density at radius 3 is 2.06 bits per heavy atom. The normalized spacial score (nSPS) is 10.5. The standard InChI is InChI=1S/C28H20Cl2N2O3S/c1-34-20-8-3-17(4-9-20)22-14-26(18-5-10-21(35-2)11-6-18)32-28(23(22)15-31)36-16-27(33)19-7-12-24(29)25(30)13-19/h3-14H,16H2,1-2H3. The van der Waals surface area contributed by atoms with Gasteiger partial charge in [0.05, 0.1) is 41.3 Å². The van der Waals surface area contributed by atoms with Crippen LogP contribution in [0, 0.1) is 11.3 Å². The largest absolute Gasteiger partial charge is 0.497 e. The first-order chi connectivity index (χ1) is 17.4. The summed E-state index contributed by atoms with van der Waals surface area (Å²) in [5.74, 6) is 1.37. The predicted octanol–water partition coefficient (Wildman–Crippen LogP) is 7.59. The van der Waals surface area contributed by atoms with Crippen molar-refractivity contribution in [3.05, 3.63) is 94.0 Å². The summed E-state index contributed by atoms with van der Waals surface area (Å²) in [6, 6.07) is 23.9. The lowest BCUT2D eigenvalue weighted by atomic mass is 9.99. The fraction of sp³-hybridized carbons (Fsp3) is 0.107. The number of nitrogens with zero attached hydrogens (tertiary/aromatic N) is 2. The summed E-state index contributed by atoms with van der Waals surface area (Å²) in [6.45, 7) is 0. The van der Waals surface area contributed by atoms with Gasteiger partial charge in [-0.3, -0.25) is 4.79 Å². The van der Waals surface area contributed by atoms with Gasteiger partial charge in [0.2, 0.25) is 0 Å². The van der Waals surface area contributed by atoms with Crippen LogP contribution in [-0.4, -0.2) is 30.7 Å². The number of Topliss-reactive ketones (excluding diaryl/α,β-unsaturated/α-hetero) is 1. The highest BCUT2D eigenvalue weighted by molar-refractivity contribution is 8.00. The van der Waals surface area contributed by atoms with Crippen molar-refractivity contribution in [2.45, 2.75) is 5.03 Å². The van der Waals surface area contributed by atoms with Gasteiger partial charge in [-0.1, -0.05) is 47.1 Å². The summed E-state index contributed by atoms with van der Waals surface area (Å²) in [5, 5.41) is 11.2. The first-order valence-electron chi connectivity index (χ1n) is 10.8. The van der Waals surface area contributed by atoms with E-state index in [1.807, 2.05) is 54.6 Å². The molecule has 0 aliphatic carbocycles. The van der Waals surface area contributed by atoms with Crippen LogP contribution in [0.5, 0.6) is 11.5 Å². The van der Waals surface area contributed by atoms with Crippen LogP contribution in [0.1, 0.15) is 15.9 Å². The number of carbonyl (C=O) groups excluding carboxylic acids is 1. The molecule has 4 rings (SSSR count). The molecule has 0 amide bonds. The molecule has 0 aliphatic heterocycles. The number of nitriles is 1. The van der Waals surface area contributed by atoms with Crippen LogP contribution >= 0.6 is 35.0 Å². The number of carbonyl (C=O) groups is 1. The van der Waals surface area contributed by atoms with Crippen molar-refractivity contribution in [3.8, 4) is 40.0 Å². The Morgan fingerprint density at radius 2 is 1.50 bits per heavy atom. The van der Waals surface area contributed by atoms with Crippen molar-refractivity contribution in [1.82, 2.24) is 4.98 Å². The Kier molecular flexibility index (Phi) is 8.17. The molecular formula is C28H20Cl2N2O3S. The number of pyridine rings is 1. The second kappa shape index (κ2) is 11.5. The van der Waals surface area contributed by atoms with Crippen LogP contribution in [0.15, 0.2) is 77.8 Å². The van der Waals surface area contributed by atoms with E-state index in [1.54, 1.807) is 32.4 Å². The third kappa shape index (κ3) is 5.66. The highest BCUT2D eigenvalue weighted by Crippen LogP contribution is 2.35. The van der Waals surface area contributed by atoms with Crippen LogP contribution in [0.2, 0.25) is 10.0 Å². The van der Waals surface area contributed by atoms with Gasteiger partial charge in [0.25, 0.3) is 0 Å². The monoisotopic (exact) mass is 534 g/mol. The zero-order valence-corrected chi connectivity index (χ0v) is 21.7. The molecule has 36 heavy (non-hydrogen) atoms. The molecule has 0 spiro atoms. The molecule has 0 saturated heterocycles. The number of methoxy groups -OCH3 is 2. The van der Waals surface area contributed by atoms with E-state index in [0.717, 1.165) is 16.9 Å². The van der Waals surface area contributed by atoms with Crippen LogP contribution in [0.3, 0.4) is 0 Å². The van der Waals surface area contributed by atoms with Gasteiger partial charge >= 0.3 is 0 Å². The zero-order chi connectivity index (χ0) is 25.7. The van der Waals surface area contributed by atoms with Crippen molar-refractivity contribution in [1.29, 1.82) is 5.26 Å². The molecule has 180 valence electrons. The molecule has 1 aromatic heterocycles. The number of thioether (sulfide) groups is 1. The minimum Gasteiger partial charge on any atom is -0.497 e. The summed E-state index contributed by atoms with van der Waals surface area (Å²) < 4.78 is 10.5. The van der Waals surface area contributed by atoms with Crippen molar-refractivity contribution in [2.75, 3.05) is 20.0 Å². The highest BCUT2D eigenvalue weighted by Gasteiger charge is 2.18. The molecule has 0 fully saturated rings. The molecule has 1 heterocycles. The van der Waals surface area contributed by atoms with E-state index in [9.17, 15) is 10.1 Å². The van der Waals surface area contributed by atoms with Gasteiger partial charge < -0.3 is 9.47 Å². The smallest absolute Gasteiger partial charge is 0.173 e. The van der Waals surface area contributed by atoms with Gasteiger partial charge in [0.1, 0.15) is 22.6 Å². The van der Waals surface area contributed by atoms with Crippen molar-refractivity contribution in [2.24, 2.45) is 0 Å². The van der Waals surface area contributed by atoms with E-state index in [1.165, 1.54) is 11.8 Å². The van der Waals surface area contributed by atoms with Crippen LogP contribution in [0.25, 0.3) is 22.4 Å². The van der Waals surface area contributed by atoms with Gasteiger partial charge in [-0.05, 0) is 66.2 Å². The molecule has 4 aromatic rings. The Labute approximate surface area is 223 Å². The minimum atomic E-state index is -0.148. The maximum atomic E-state index is 12.9. The second-order valence-electron chi connectivity index (χ2n) is 7.64. The van der Waals surface area contributed by atoms with Crippen molar-refractivity contribution >= 4 is 40.7 Å². The van der Waals surface area contributed by atoms with Crippen LogP contribution in [0.4, 0.5) is 0 Å². The topological polar surface area (TPSA) is 72.2 Å². The molecule has 8 heteroatoms. The summed E-state index contributed by atoms with van der Waals surface area (Å²) in [6.07, 6.45) is 0. The molecule has 0 bridgehead atoms. The maximum absolute atomic E-state index is 12.9. The number of rotatable bonds is 8. The molecule has 5 nitrogen and oxygen atoms in total. The minimum absolute atomic E-state index is 0.0771. The quantitative estimate of drug-likeness (QED) is 0.171. The van der Waals surface area contributed by atoms with E-state index in [0.29, 0.717) is 43.2 Å². The lowest BCUT2D eigenvalue weighted by Gasteiger charge is -2.13. The maximum Gasteiger partial charge on any atom is 0.173 e. The third-order valence-electron chi connectivity index (χ3n) is 5.47. The summed E-state index contributed by atoms with van der Waals surface area (Å²) in [7, 11) is 3.21. The number of hydrogen-bond donors (Lipinski definition) is 0. The fourth-order valence-corrected chi connectivity index (χ4v) is 4.72. The predicted molar refractivity (Wildman–Crippen MR) is 144 cm³/mol. The molecule has 0 atom stereocenters. The molecule has 0 N–H and O–H groups in total. The molecular weight excluding hydrogens is 515 g/mol. The number of ether oxygens (including phenoxy) is 2. The number of halogens is 2. The molecule has 3 aromatic carbocycles. The number of benzene rings is 3. The molecule has 0 radical (unpaired) electrons. The average Bonchev–Trinajstić information content (AvgIpc) is 2.92. The van der Waals surface area contributed by atoms with Gasteiger partial charge in [-0.15, -0.1) is 0 Å². The average molecular weight is 535 g/mol. The zero-order valence-electron chi connectivity index (χ0n) is 19.4. The molecule has 0 saturated carbocycles. The number of aromatic nitrogens is 1. The summed E-state index contributed by atoms with van der Waals surface area (Å²) >= 11 is 13.3. The summed E-state index contributed by atoms with van der Waals surface area (Å²) in [5.41, 5.74) is 3.91. The first kappa shape index (κ1) is 25.6. The third-order valence-corrected chi connectivity index (χ3v) is 7.18. The van der Waals surface area contributed by atoms with Gasteiger partial charge in [-0.2, -0.15) is 5.26 Å². The Hall–Kier alpha value is -3.50. The van der Waals surface area contributed by atoms with Gasteiger partial charge in [-0.25, -0.2) is 4.98 Å². The number of hydrogen-bond acceptors (Lipinski definition) is 6. The Balaban J connectivity index is 1.75. The Morgan fingerprint density at radius 1 is 0.889 bits per heavy atom. The van der Waals surface area contributed by atoms with Gasteiger partial charge in [0.15, 0.2) is 5.78 Å². The Bertz CT molecular complexity index is 1450. The lowest BCUT2D eigenvalue weighted by Crippen LogP contribution is -2.04. The van der Waals surface area contributed by atoms with E-state index >= 15 is 0 Å². The van der Waals surface area contributed by atoms with E-state index in [2.05, 4.69) is 6.07 Å². The fourth-order valence-electron chi connectivity index (χ4n) is 3.53. The molecule has 0 unspecified atom stereocenters. The summed E-state index contributed by atoms with van der Waals surface area (Å²) in [4.78, 5) is 17.6.